The van der Waals surface area contributed by atoms with Gasteiger partial charge >= 0.3 is 5.69 Å². The van der Waals surface area contributed by atoms with E-state index >= 15 is 0 Å². The molecule has 1 aromatic rings. The van der Waals surface area contributed by atoms with Crippen molar-refractivity contribution in [2.75, 3.05) is 25.1 Å². The van der Waals surface area contributed by atoms with Crippen LogP contribution >= 0.6 is 0 Å². The van der Waals surface area contributed by atoms with Crippen molar-refractivity contribution in [1.29, 1.82) is 5.26 Å². The van der Waals surface area contributed by atoms with Crippen molar-refractivity contribution in [2.45, 2.75) is 19.8 Å². The molecule has 0 spiro atoms. The summed E-state index contributed by atoms with van der Waals surface area (Å²) < 4.78 is 5.32. The predicted octanol–water partition coefficient (Wildman–Crippen LogP) is 2.70. The number of hydrogen-bond acceptors (Lipinski definition) is 5. The maximum absolute atomic E-state index is 11.0. The van der Waals surface area contributed by atoms with Gasteiger partial charge < -0.3 is 10.1 Å². The number of nitro benzene ring substituents is 1. The van der Waals surface area contributed by atoms with E-state index in [9.17, 15) is 10.1 Å². The molecule has 0 atom stereocenters. The van der Waals surface area contributed by atoms with Gasteiger partial charge in [0.25, 0.3) is 0 Å². The van der Waals surface area contributed by atoms with Crippen LogP contribution in [-0.2, 0) is 4.74 Å². The van der Waals surface area contributed by atoms with Gasteiger partial charge in [-0.3, -0.25) is 10.1 Å². The van der Waals surface area contributed by atoms with Crippen LogP contribution in [0.4, 0.5) is 11.4 Å². The first-order valence-corrected chi connectivity index (χ1v) is 6.19. The van der Waals surface area contributed by atoms with E-state index in [1.54, 1.807) is 12.1 Å². The predicted molar refractivity (Wildman–Crippen MR) is 72.0 cm³/mol. The lowest BCUT2D eigenvalue weighted by atomic mass is 10.1. The second kappa shape index (κ2) is 8.06. The number of benzene rings is 1. The highest BCUT2D eigenvalue weighted by Gasteiger charge is 2.18. The van der Waals surface area contributed by atoms with Gasteiger partial charge in [-0.25, -0.2) is 0 Å². The van der Waals surface area contributed by atoms with Crippen molar-refractivity contribution in [3.63, 3.8) is 0 Å². The van der Waals surface area contributed by atoms with Crippen LogP contribution in [0.3, 0.4) is 0 Å². The van der Waals surface area contributed by atoms with Crippen molar-refractivity contribution in [2.24, 2.45) is 0 Å². The fourth-order valence-electron chi connectivity index (χ4n) is 1.62. The second-order valence-corrected chi connectivity index (χ2v) is 3.96. The summed E-state index contributed by atoms with van der Waals surface area (Å²) in [6.45, 7) is 3.95. The zero-order valence-corrected chi connectivity index (χ0v) is 10.9. The van der Waals surface area contributed by atoms with Crippen molar-refractivity contribution in [3.8, 4) is 6.07 Å². The van der Waals surface area contributed by atoms with Crippen LogP contribution in [0.25, 0.3) is 0 Å². The molecule has 102 valence electrons. The highest BCUT2D eigenvalue weighted by Crippen LogP contribution is 2.27. The average molecular weight is 263 g/mol. The summed E-state index contributed by atoms with van der Waals surface area (Å²) in [7, 11) is 0. The van der Waals surface area contributed by atoms with Crippen molar-refractivity contribution >= 4 is 11.4 Å². The molecule has 1 N–H and O–H groups in total. The molecule has 6 heteroatoms. The molecule has 0 aliphatic heterocycles. The first kappa shape index (κ1) is 14.9. The lowest BCUT2D eigenvalue weighted by Crippen LogP contribution is -2.08. The third kappa shape index (κ3) is 4.56. The lowest BCUT2D eigenvalue weighted by molar-refractivity contribution is -0.384. The zero-order valence-electron chi connectivity index (χ0n) is 10.9. The van der Waals surface area contributed by atoms with Crippen molar-refractivity contribution in [1.82, 2.24) is 0 Å². The summed E-state index contributed by atoms with van der Waals surface area (Å²) in [5.74, 6) is 0. The standard InChI is InChI=1S/C13H17N3O3/c1-2-8-19-9-4-7-15-12-6-3-5-11(10-14)13(12)16(17)18/h3,5-6,15H,2,4,7-9H2,1H3. The van der Waals surface area contributed by atoms with Gasteiger partial charge in [0.2, 0.25) is 0 Å². The third-order valence-electron chi connectivity index (χ3n) is 2.47. The highest BCUT2D eigenvalue weighted by atomic mass is 16.6. The molecule has 0 heterocycles. The van der Waals surface area contributed by atoms with Crippen LogP contribution in [0.5, 0.6) is 0 Å². The van der Waals surface area contributed by atoms with Gasteiger partial charge in [0.15, 0.2) is 0 Å². The number of anilines is 1. The van der Waals surface area contributed by atoms with Gasteiger partial charge in [-0.15, -0.1) is 0 Å². The quantitative estimate of drug-likeness (QED) is 0.442. The van der Waals surface area contributed by atoms with E-state index in [4.69, 9.17) is 10.00 Å². The summed E-state index contributed by atoms with van der Waals surface area (Å²) >= 11 is 0. The Labute approximate surface area is 112 Å². The molecule has 19 heavy (non-hydrogen) atoms. The Morgan fingerprint density at radius 2 is 2.26 bits per heavy atom. The SMILES string of the molecule is CCCOCCCNc1cccc(C#N)c1[N+](=O)[O-]. The lowest BCUT2D eigenvalue weighted by Gasteiger charge is -2.08. The van der Waals surface area contributed by atoms with Gasteiger partial charge in [-0.05, 0) is 25.0 Å². The van der Waals surface area contributed by atoms with Gasteiger partial charge in [-0.2, -0.15) is 5.26 Å². The minimum Gasteiger partial charge on any atom is -0.381 e. The topological polar surface area (TPSA) is 88.2 Å². The van der Waals surface area contributed by atoms with Gasteiger partial charge in [0.05, 0.1) is 4.92 Å². The monoisotopic (exact) mass is 263 g/mol. The van der Waals surface area contributed by atoms with Crippen LogP contribution in [0.15, 0.2) is 18.2 Å². The largest absolute Gasteiger partial charge is 0.381 e. The van der Waals surface area contributed by atoms with Gasteiger partial charge in [0, 0.05) is 19.8 Å². The maximum Gasteiger partial charge on any atom is 0.309 e. The molecule has 1 rings (SSSR count). The van der Waals surface area contributed by atoms with Crippen molar-refractivity contribution < 1.29 is 9.66 Å². The summed E-state index contributed by atoms with van der Waals surface area (Å²) in [5.41, 5.74) is 0.274. The number of para-hydroxylation sites is 1. The fraction of sp³-hybridized carbons (Fsp3) is 0.462. The molecule has 6 nitrogen and oxygen atoms in total. The summed E-state index contributed by atoms with van der Waals surface area (Å²) in [4.78, 5) is 10.4. The Morgan fingerprint density at radius 3 is 2.89 bits per heavy atom. The van der Waals surface area contributed by atoms with Crippen LogP contribution in [0.2, 0.25) is 0 Å². The summed E-state index contributed by atoms with van der Waals surface area (Å²) in [5, 5.41) is 22.8. The number of nitriles is 1. The molecule has 0 fully saturated rings. The maximum atomic E-state index is 11.0. The Hall–Kier alpha value is -2.13. The number of hydrogen-bond donors (Lipinski definition) is 1. The van der Waals surface area contributed by atoms with Gasteiger partial charge in [0.1, 0.15) is 17.3 Å². The van der Waals surface area contributed by atoms with E-state index in [2.05, 4.69) is 5.32 Å². The molecule has 1 aromatic carbocycles. The third-order valence-corrected chi connectivity index (χ3v) is 2.47. The highest BCUT2D eigenvalue weighted by molar-refractivity contribution is 5.68. The molecule has 0 aliphatic carbocycles. The van der Waals surface area contributed by atoms with E-state index in [0.717, 1.165) is 19.4 Å². The van der Waals surface area contributed by atoms with Crippen LogP contribution in [-0.4, -0.2) is 24.7 Å². The van der Waals surface area contributed by atoms with E-state index in [-0.39, 0.29) is 11.3 Å². The normalized spacial score (nSPS) is 9.89. The molecule has 0 amide bonds. The van der Waals surface area contributed by atoms with E-state index < -0.39 is 4.92 Å². The minimum atomic E-state index is -0.533. The average Bonchev–Trinajstić information content (AvgIpc) is 2.42. The zero-order chi connectivity index (χ0) is 14.1. The first-order valence-electron chi connectivity index (χ1n) is 6.19. The summed E-state index contributed by atoms with van der Waals surface area (Å²) in [6, 6.07) is 6.50. The molecule has 0 unspecified atom stereocenters. The second-order valence-electron chi connectivity index (χ2n) is 3.96. The number of nitro groups is 1. The van der Waals surface area contributed by atoms with Crippen molar-refractivity contribution in [3.05, 3.63) is 33.9 Å². The molecular weight excluding hydrogens is 246 g/mol. The molecule has 0 saturated carbocycles. The molecule has 0 bridgehead atoms. The number of rotatable bonds is 8. The Morgan fingerprint density at radius 1 is 1.47 bits per heavy atom. The molecule has 0 saturated heterocycles. The molecule has 0 aliphatic rings. The smallest absolute Gasteiger partial charge is 0.309 e. The van der Waals surface area contributed by atoms with E-state index in [0.29, 0.717) is 18.8 Å². The number of nitrogens with one attached hydrogen (secondary N) is 1. The van der Waals surface area contributed by atoms with Crippen LogP contribution in [0.1, 0.15) is 25.3 Å². The van der Waals surface area contributed by atoms with Gasteiger partial charge in [-0.1, -0.05) is 13.0 Å². The Balaban J connectivity index is 2.59. The number of ether oxygens (including phenoxy) is 1. The van der Waals surface area contributed by atoms with Crippen LogP contribution in [0, 0.1) is 21.4 Å². The number of nitrogens with zero attached hydrogens (tertiary/aromatic N) is 2. The molecule has 0 aromatic heterocycles. The molecular formula is C13H17N3O3. The summed E-state index contributed by atoms with van der Waals surface area (Å²) in [6.07, 6.45) is 1.73. The van der Waals surface area contributed by atoms with Crippen LogP contribution < -0.4 is 5.32 Å². The van der Waals surface area contributed by atoms with E-state index in [1.165, 1.54) is 6.07 Å². The Kier molecular flexibility index (Phi) is 6.33. The fourth-order valence-corrected chi connectivity index (χ4v) is 1.62. The van der Waals surface area contributed by atoms with E-state index in [1.807, 2.05) is 13.0 Å². The first-order chi connectivity index (χ1) is 9.20. The minimum absolute atomic E-state index is 0.0669. The Bertz CT molecular complexity index is 469. The molecule has 0 radical (unpaired) electrons.